The fourth-order valence-electron chi connectivity index (χ4n) is 2.50. The van der Waals surface area contributed by atoms with E-state index in [1.807, 2.05) is 0 Å². The van der Waals surface area contributed by atoms with Gasteiger partial charge >= 0.3 is 0 Å². The average molecular weight is 291 g/mol. The minimum Gasteiger partial charge on any atom is -0.309 e. The maximum Gasteiger partial charge on any atom is 0.0451 e. The largest absolute Gasteiger partial charge is 0.309 e. The van der Waals surface area contributed by atoms with Crippen LogP contribution < -0.4 is 5.32 Å². The molecule has 0 fully saturated rings. The molecule has 120 valence electrons. The van der Waals surface area contributed by atoms with Gasteiger partial charge in [-0.2, -0.15) is 0 Å². The van der Waals surface area contributed by atoms with E-state index < -0.39 is 0 Å². The summed E-state index contributed by atoms with van der Waals surface area (Å²) in [5, 5.41) is 3.72. The summed E-state index contributed by atoms with van der Waals surface area (Å²) in [5.74, 6) is 0. The third-order valence-corrected chi connectivity index (χ3v) is 3.87. The van der Waals surface area contributed by atoms with Crippen molar-refractivity contribution in [2.75, 3.05) is 47.3 Å². The van der Waals surface area contributed by atoms with E-state index in [1.54, 1.807) is 0 Å². The van der Waals surface area contributed by atoms with Gasteiger partial charge in [-0.1, -0.05) is 30.7 Å². The van der Waals surface area contributed by atoms with Crippen LogP contribution in [-0.2, 0) is 0 Å². The maximum atomic E-state index is 3.72. The van der Waals surface area contributed by atoms with Gasteiger partial charge in [0.05, 0.1) is 0 Å². The van der Waals surface area contributed by atoms with Crippen LogP contribution in [-0.4, -0.2) is 57.1 Å². The summed E-state index contributed by atoms with van der Waals surface area (Å²) >= 11 is 0. The maximum absolute atomic E-state index is 3.72. The van der Waals surface area contributed by atoms with Gasteiger partial charge in [-0.25, -0.2) is 0 Å². The first-order valence-corrected chi connectivity index (χ1v) is 8.07. The minimum absolute atomic E-state index is 0.414. The Morgan fingerprint density at radius 3 is 2.43 bits per heavy atom. The zero-order chi connectivity index (χ0) is 15.8. The third kappa shape index (κ3) is 6.60. The van der Waals surface area contributed by atoms with Gasteiger partial charge in [0.2, 0.25) is 0 Å². The van der Waals surface area contributed by atoms with Crippen LogP contribution in [0, 0.1) is 13.8 Å². The fourth-order valence-corrected chi connectivity index (χ4v) is 2.50. The predicted octanol–water partition coefficient (Wildman–Crippen LogP) is 2.84. The standard InChI is InChI=1S/C18H33N3/c1-7-10-19-18(14-21(6)12-11-20(4)5)17-13-15(2)8-9-16(17)3/h8-9,13,18-19H,7,10-12,14H2,1-6H3. The highest BCUT2D eigenvalue weighted by atomic mass is 15.2. The predicted molar refractivity (Wildman–Crippen MR) is 93.0 cm³/mol. The molecule has 0 aliphatic rings. The first-order valence-electron chi connectivity index (χ1n) is 8.07. The van der Waals surface area contributed by atoms with E-state index >= 15 is 0 Å². The Bertz CT molecular complexity index is 415. The molecular weight excluding hydrogens is 258 g/mol. The van der Waals surface area contributed by atoms with Crippen molar-refractivity contribution < 1.29 is 0 Å². The molecule has 1 N–H and O–H groups in total. The highest BCUT2D eigenvalue weighted by Gasteiger charge is 2.15. The monoisotopic (exact) mass is 291 g/mol. The number of nitrogens with one attached hydrogen (secondary N) is 1. The van der Waals surface area contributed by atoms with E-state index in [0.29, 0.717) is 6.04 Å². The third-order valence-electron chi connectivity index (χ3n) is 3.87. The van der Waals surface area contributed by atoms with E-state index in [2.05, 4.69) is 75.2 Å². The Balaban J connectivity index is 2.77. The summed E-state index contributed by atoms with van der Waals surface area (Å²) in [6.45, 7) is 10.9. The molecule has 1 rings (SSSR count). The number of rotatable bonds is 9. The first kappa shape index (κ1) is 18.1. The Morgan fingerprint density at radius 1 is 1.10 bits per heavy atom. The molecule has 0 spiro atoms. The van der Waals surface area contributed by atoms with Gasteiger partial charge in [0.15, 0.2) is 0 Å². The van der Waals surface area contributed by atoms with E-state index in [-0.39, 0.29) is 0 Å². The van der Waals surface area contributed by atoms with Crippen molar-refractivity contribution >= 4 is 0 Å². The first-order chi connectivity index (χ1) is 9.93. The molecule has 1 unspecified atom stereocenters. The van der Waals surface area contributed by atoms with Crippen molar-refractivity contribution in [1.29, 1.82) is 0 Å². The number of hydrogen-bond donors (Lipinski definition) is 1. The molecule has 0 heterocycles. The van der Waals surface area contributed by atoms with Crippen molar-refractivity contribution in [1.82, 2.24) is 15.1 Å². The lowest BCUT2D eigenvalue weighted by Gasteiger charge is -2.27. The van der Waals surface area contributed by atoms with Crippen molar-refractivity contribution in [2.24, 2.45) is 0 Å². The van der Waals surface area contributed by atoms with Gasteiger partial charge in [0.1, 0.15) is 0 Å². The van der Waals surface area contributed by atoms with E-state index in [0.717, 1.165) is 26.2 Å². The average Bonchev–Trinajstić information content (AvgIpc) is 2.44. The topological polar surface area (TPSA) is 18.5 Å². The number of nitrogens with zero attached hydrogens (tertiary/aromatic N) is 2. The molecule has 0 aliphatic heterocycles. The Hall–Kier alpha value is -0.900. The van der Waals surface area contributed by atoms with Gasteiger partial charge in [-0.05, 0) is 59.1 Å². The summed E-state index contributed by atoms with van der Waals surface area (Å²) in [4.78, 5) is 4.66. The summed E-state index contributed by atoms with van der Waals surface area (Å²) in [6, 6.07) is 7.19. The number of benzene rings is 1. The van der Waals surface area contributed by atoms with Crippen LogP contribution in [0.3, 0.4) is 0 Å². The molecule has 0 amide bonds. The lowest BCUT2D eigenvalue weighted by Crippen LogP contribution is -2.37. The summed E-state index contributed by atoms with van der Waals surface area (Å²) < 4.78 is 0. The molecule has 0 saturated carbocycles. The zero-order valence-electron chi connectivity index (χ0n) is 14.7. The summed E-state index contributed by atoms with van der Waals surface area (Å²) in [5.41, 5.74) is 4.17. The molecule has 1 aromatic carbocycles. The molecule has 1 aromatic rings. The zero-order valence-corrected chi connectivity index (χ0v) is 14.7. The van der Waals surface area contributed by atoms with Crippen LogP contribution in [0.1, 0.15) is 36.1 Å². The second-order valence-corrected chi connectivity index (χ2v) is 6.43. The van der Waals surface area contributed by atoms with Crippen LogP contribution >= 0.6 is 0 Å². The second-order valence-electron chi connectivity index (χ2n) is 6.43. The number of likely N-dealkylation sites (N-methyl/N-ethyl adjacent to an activating group) is 2. The van der Waals surface area contributed by atoms with Gasteiger partial charge in [-0.15, -0.1) is 0 Å². The quantitative estimate of drug-likeness (QED) is 0.755. The summed E-state index contributed by atoms with van der Waals surface area (Å²) in [7, 11) is 6.48. The highest BCUT2D eigenvalue weighted by Crippen LogP contribution is 2.20. The van der Waals surface area contributed by atoms with Gasteiger partial charge in [0, 0.05) is 25.7 Å². The smallest absolute Gasteiger partial charge is 0.0451 e. The molecule has 0 saturated heterocycles. The molecule has 21 heavy (non-hydrogen) atoms. The summed E-state index contributed by atoms with van der Waals surface area (Å²) in [6.07, 6.45) is 1.17. The molecular formula is C18H33N3. The molecule has 1 atom stereocenters. The van der Waals surface area contributed by atoms with E-state index in [9.17, 15) is 0 Å². The Labute approximate surface area is 131 Å². The van der Waals surface area contributed by atoms with Crippen LogP contribution in [0.25, 0.3) is 0 Å². The minimum atomic E-state index is 0.414. The molecule has 0 radical (unpaired) electrons. The Morgan fingerprint density at radius 2 is 1.81 bits per heavy atom. The van der Waals surface area contributed by atoms with Crippen molar-refractivity contribution in [3.8, 4) is 0 Å². The lowest BCUT2D eigenvalue weighted by molar-refractivity contribution is 0.256. The van der Waals surface area contributed by atoms with Crippen LogP contribution in [0.2, 0.25) is 0 Å². The molecule has 3 nitrogen and oxygen atoms in total. The van der Waals surface area contributed by atoms with Crippen molar-refractivity contribution in [2.45, 2.75) is 33.2 Å². The Kier molecular flexibility index (Phi) is 7.94. The molecule has 3 heteroatoms. The van der Waals surface area contributed by atoms with Crippen molar-refractivity contribution in [3.05, 3.63) is 34.9 Å². The number of aryl methyl sites for hydroxylation is 2. The molecule has 0 aromatic heterocycles. The van der Waals surface area contributed by atoms with Crippen LogP contribution in [0.5, 0.6) is 0 Å². The molecule has 0 bridgehead atoms. The highest BCUT2D eigenvalue weighted by molar-refractivity contribution is 5.33. The lowest BCUT2D eigenvalue weighted by atomic mass is 9.98. The van der Waals surface area contributed by atoms with Crippen LogP contribution in [0.15, 0.2) is 18.2 Å². The van der Waals surface area contributed by atoms with Crippen LogP contribution in [0.4, 0.5) is 0 Å². The number of hydrogen-bond acceptors (Lipinski definition) is 3. The fraction of sp³-hybridized carbons (Fsp3) is 0.667. The normalized spacial score (nSPS) is 13.1. The van der Waals surface area contributed by atoms with Gasteiger partial charge in [-0.3, -0.25) is 0 Å². The van der Waals surface area contributed by atoms with Gasteiger partial charge < -0.3 is 15.1 Å². The van der Waals surface area contributed by atoms with Crippen molar-refractivity contribution in [3.63, 3.8) is 0 Å². The van der Waals surface area contributed by atoms with E-state index in [4.69, 9.17) is 0 Å². The van der Waals surface area contributed by atoms with Gasteiger partial charge in [0.25, 0.3) is 0 Å². The molecule has 0 aliphatic carbocycles. The second kappa shape index (κ2) is 9.19. The SMILES string of the molecule is CCCNC(CN(C)CCN(C)C)c1cc(C)ccc1C. The van der Waals surface area contributed by atoms with E-state index in [1.165, 1.54) is 23.1 Å².